The molecule has 0 saturated carbocycles. The number of aryl methyl sites for hydroxylation is 1. The molecule has 136 valence electrons. The van der Waals surface area contributed by atoms with Crippen LogP contribution in [0, 0.1) is 12.7 Å². The Morgan fingerprint density at radius 1 is 0.889 bits per heavy atom. The number of benzene rings is 3. The molecule has 0 spiro atoms. The number of hydrogen-bond acceptors (Lipinski definition) is 3. The van der Waals surface area contributed by atoms with Crippen LogP contribution in [0.5, 0.6) is 11.5 Å². The topological polar surface area (TPSA) is 30.8 Å². The predicted molar refractivity (Wildman–Crippen MR) is 106 cm³/mol. The van der Waals surface area contributed by atoms with Gasteiger partial charge in [0.25, 0.3) is 0 Å². The van der Waals surface area contributed by atoms with Gasteiger partial charge in [0.2, 0.25) is 5.90 Å². The second-order valence-corrected chi connectivity index (χ2v) is 6.02. The molecule has 3 rings (SSSR count). The fourth-order valence-corrected chi connectivity index (χ4v) is 2.27. The molecule has 27 heavy (non-hydrogen) atoms. The standard InChI is InChI=1S/C23H20FNO2/c1-17-12-14-20(15-13-17)26-16-18(2)23(25-19-8-4-3-5-9-19)27-22-11-7-6-10-21(22)24/h3-16H,1-2H3/b18-16+,25-23-. The van der Waals surface area contributed by atoms with E-state index in [1.165, 1.54) is 6.07 Å². The molecule has 0 aliphatic heterocycles. The van der Waals surface area contributed by atoms with E-state index in [9.17, 15) is 4.39 Å². The van der Waals surface area contributed by atoms with Crippen LogP contribution < -0.4 is 9.47 Å². The average Bonchev–Trinajstić information content (AvgIpc) is 2.69. The first-order valence-corrected chi connectivity index (χ1v) is 8.58. The molecule has 0 atom stereocenters. The van der Waals surface area contributed by atoms with Crippen LogP contribution in [-0.4, -0.2) is 5.90 Å². The molecule has 0 unspecified atom stereocenters. The summed E-state index contributed by atoms with van der Waals surface area (Å²) in [6.07, 6.45) is 1.55. The zero-order valence-electron chi connectivity index (χ0n) is 15.2. The van der Waals surface area contributed by atoms with Crippen molar-refractivity contribution in [2.45, 2.75) is 13.8 Å². The van der Waals surface area contributed by atoms with Crippen LogP contribution in [0.3, 0.4) is 0 Å². The number of hydrogen-bond donors (Lipinski definition) is 0. The number of para-hydroxylation sites is 2. The highest BCUT2D eigenvalue weighted by molar-refractivity contribution is 5.96. The maximum Gasteiger partial charge on any atom is 0.225 e. The van der Waals surface area contributed by atoms with E-state index < -0.39 is 5.82 Å². The highest BCUT2D eigenvalue weighted by Gasteiger charge is 2.10. The lowest BCUT2D eigenvalue weighted by Gasteiger charge is -2.11. The van der Waals surface area contributed by atoms with Crippen LogP contribution in [0.15, 0.2) is 95.7 Å². The molecular weight excluding hydrogens is 341 g/mol. The van der Waals surface area contributed by atoms with Crippen LogP contribution in [-0.2, 0) is 0 Å². The third kappa shape index (κ3) is 5.28. The number of rotatable bonds is 5. The van der Waals surface area contributed by atoms with E-state index in [1.54, 1.807) is 31.4 Å². The normalized spacial score (nSPS) is 12.0. The van der Waals surface area contributed by atoms with E-state index in [2.05, 4.69) is 4.99 Å². The van der Waals surface area contributed by atoms with Gasteiger partial charge in [-0.2, -0.15) is 0 Å². The van der Waals surface area contributed by atoms with Gasteiger partial charge in [-0.05, 0) is 50.2 Å². The van der Waals surface area contributed by atoms with Crippen molar-refractivity contribution >= 4 is 11.6 Å². The zero-order valence-corrected chi connectivity index (χ0v) is 15.2. The second kappa shape index (κ2) is 8.81. The Morgan fingerprint density at radius 3 is 2.26 bits per heavy atom. The van der Waals surface area contributed by atoms with Crippen molar-refractivity contribution in [3.63, 3.8) is 0 Å². The largest absolute Gasteiger partial charge is 0.465 e. The summed E-state index contributed by atoms with van der Waals surface area (Å²) in [5.41, 5.74) is 2.48. The number of aliphatic imine (C=N–C) groups is 1. The van der Waals surface area contributed by atoms with Gasteiger partial charge in [-0.3, -0.25) is 0 Å². The zero-order chi connectivity index (χ0) is 19.1. The summed E-state index contributed by atoms with van der Waals surface area (Å²) in [7, 11) is 0. The van der Waals surface area contributed by atoms with E-state index in [4.69, 9.17) is 9.47 Å². The van der Waals surface area contributed by atoms with E-state index in [0.29, 0.717) is 17.0 Å². The molecule has 0 aliphatic rings. The summed E-state index contributed by atoms with van der Waals surface area (Å²) >= 11 is 0. The summed E-state index contributed by atoms with van der Waals surface area (Å²) in [4.78, 5) is 4.50. The minimum atomic E-state index is -0.453. The maximum atomic E-state index is 14.0. The molecule has 0 amide bonds. The highest BCUT2D eigenvalue weighted by atomic mass is 19.1. The van der Waals surface area contributed by atoms with Crippen LogP contribution in [0.25, 0.3) is 0 Å². The predicted octanol–water partition coefficient (Wildman–Crippen LogP) is 6.23. The van der Waals surface area contributed by atoms with Gasteiger partial charge in [-0.15, -0.1) is 0 Å². The van der Waals surface area contributed by atoms with E-state index in [1.807, 2.05) is 61.5 Å². The van der Waals surface area contributed by atoms with Gasteiger partial charge < -0.3 is 9.47 Å². The van der Waals surface area contributed by atoms with E-state index >= 15 is 0 Å². The van der Waals surface area contributed by atoms with Crippen LogP contribution in [0.1, 0.15) is 12.5 Å². The minimum Gasteiger partial charge on any atom is -0.465 e. The summed E-state index contributed by atoms with van der Waals surface area (Å²) in [6, 6.07) is 23.3. The highest BCUT2D eigenvalue weighted by Crippen LogP contribution is 2.20. The summed E-state index contributed by atoms with van der Waals surface area (Å²) in [5, 5.41) is 0. The lowest BCUT2D eigenvalue weighted by molar-refractivity contribution is 0.467. The average molecular weight is 361 g/mol. The smallest absolute Gasteiger partial charge is 0.225 e. The van der Waals surface area contributed by atoms with Gasteiger partial charge in [-0.1, -0.05) is 48.0 Å². The summed E-state index contributed by atoms with van der Waals surface area (Å²) < 4.78 is 25.4. The summed E-state index contributed by atoms with van der Waals surface area (Å²) in [6.45, 7) is 3.81. The lowest BCUT2D eigenvalue weighted by Crippen LogP contribution is -2.11. The Labute approximate surface area is 158 Å². The Balaban J connectivity index is 1.88. The van der Waals surface area contributed by atoms with Crippen molar-refractivity contribution in [2.75, 3.05) is 0 Å². The fourth-order valence-electron chi connectivity index (χ4n) is 2.27. The number of nitrogens with zero attached hydrogens (tertiary/aromatic N) is 1. The molecule has 0 radical (unpaired) electrons. The van der Waals surface area contributed by atoms with Crippen LogP contribution in [0.2, 0.25) is 0 Å². The molecule has 0 bridgehead atoms. The first kappa shape index (κ1) is 18.4. The van der Waals surface area contributed by atoms with E-state index in [-0.39, 0.29) is 11.6 Å². The number of halogens is 1. The first-order valence-electron chi connectivity index (χ1n) is 8.58. The van der Waals surface area contributed by atoms with Crippen LogP contribution in [0.4, 0.5) is 10.1 Å². The Hall–Kier alpha value is -3.40. The molecule has 0 aliphatic carbocycles. The monoisotopic (exact) mass is 361 g/mol. The van der Waals surface area contributed by atoms with Gasteiger partial charge in [0.05, 0.1) is 11.9 Å². The Kier molecular flexibility index (Phi) is 6.00. The molecule has 3 nitrogen and oxygen atoms in total. The third-order valence-corrected chi connectivity index (χ3v) is 3.76. The van der Waals surface area contributed by atoms with Crippen LogP contribution >= 0.6 is 0 Å². The van der Waals surface area contributed by atoms with Crippen molar-refractivity contribution in [3.05, 3.63) is 102 Å². The molecule has 0 saturated heterocycles. The van der Waals surface area contributed by atoms with Gasteiger partial charge in [0, 0.05) is 5.57 Å². The van der Waals surface area contributed by atoms with Gasteiger partial charge in [-0.25, -0.2) is 9.38 Å². The molecule has 0 fully saturated rings. The SMILES string of the molecule is CC(=C\Oc1ccc(C)cc1)/C(=N/c1ccccc1)Oc1ccccc1F. The van der Waals surface area contributed by atoms with Crippen molar-refractivity contribution in [1.82, 2.24) is 0 Å². The molecule has 4 heteroatoms. The van der Waals surface area contributed by atoms with Crippen molar-refractivity contribution in [2.24, 2.45) is 4.99 Å². The van der Waals surface area contributed by atoms with Crippen molar-refractivity contribution in [1.29, 1.82) is 0 Å². The molecule has 3 aromatic carbocycles. The van der Waals surface area contributed by atoms with E-state index in [0.717, 1.165) is 5.56 Å². The second-order valence-electron chi connectivity index (χ2n) is 6.02. The van der Waals surface area contributed by atoms with Gasteiger partial charge in [0.15, 0.2) is 11.6 Å². The molecule has 0 heterocycles. The molecular formula is C23H20FNO2. The quantitative estimate of drug-likeness (QED) is 0.306. The molecule has 0 aromatic heterocycles. The maximum absolute atomic E-state index is 14.0. The lowest BCUT2D eigenvalue weighted by atomic mass is 10.2. The molecule has 0 N–H and O–H groups in total. The van der Waals surface area contributed by atoms with Crippen molar-refractivity contribution in [3.8, 4) is 11.5 Å². The number of ether oxygens (including phenoxy) is 2. The van der Waals surface area contributed by atoms with Gasteiger partial charge in [0.1, 0.15) is 5.75 Å². The van der Waals surface area contributed by atoms with Crippen molar-refractivity contribution < 1.29 is 13.9 Å². The Bertz CT molecular complexity index is 948. The summed E-state index contributed by atoms with van der Waals surface area (Å²) in [5.74, 6) is 0.615. The third-order valence-electron chi connectivity index (χ3n) is 3.76. The first-order chi connectivity index (χ1) is 13.1. The molecule has 3 aromatic rings. The fraction of sp³-hybridized carbons (Fsp3) is 0.0870. The Morgan fingerprint density at radius 2 is 1.56 bits per heavy atom. The van der Waals surface area contributed by atoms with Gasteiger partial charge >= 0.3 is 0 Å². The minimum absolute atomic E-state index is 0.107.